The van der Waals surface area contributed by atoms with E-state index in [1.165, 1.54) is 22.0 Å². The molecule has 5 rings (SSSR count). The Bertz CT molecular complexity index is 1360. The summed E-state index contributed by atoms with van der Waals surface area (Å²) < 4.78 is 6.74. The number of rotatable bonds is 7. The fraction of sp³-hybridized carbons (Fsp3) is 0.280. The van der Waals surface area contributed by atoms with Crippen LogP contribution in [0.3, 0.4) is 0 Å². The lowest BCUT2D eigenvalue weighted by molar-refractivity contribution is -0.135. The lowest BCUT2D eigenvalue weighted by Crippen LogP contribution is -2.55. The second kappa shape index (κ2) is 10.2. The minimum absolute atomic E-state index is 0.0869. The van der Waals surface area contributed by atoms with E-state index < -0.39 is 11.9 Å². The molecule has 2 amide bonds. The molecule has 0 spiro atoms. The first-order chi connectivity index (χ1) is 17.1. The predicted molar refractivity (Wildman–Crippen MR) is 131 cm³/mol. The van der Waals surface area contributed by atoms with Crippen LogP contribution in [-0.4, -0.2) is 63.2 Å². The number of hydrogen-bond donors (Lipinski definition) is 1. The molecule has 0 radical (unpaired) electrons. The summed E-state index contributed by atoms with van der Waals surface area (Å²) in [7, 11) is 0. The van der Waals surface area contributed by atoms with Gasteiger partial charge in [-0.25, -0.2) is 4.98 Å². The first-order valence-corrected chi connectivity index (χ1v) is 12.3. The molecule has 1 aliphatic heterocycles. The van der Waals surface area contributed by atoms with Gasteiger partial charge in [0.15, 0.2) is 10.7 Å². The summed E-state index contributed by atoms with van der Waals surface area (Å²) in [4.78, 5) is 47.6. The van der Waals surface area contributed by atoms with Gasteiger partial charge in [0.05, 0.1) is 12.0 Å². The third-order valence-electron chi connectivity index (χ3n) is 6.06. The van der Waals surface area contributed by atoms with Gasteiger partial charge < -0.3 is 14.6 Å². The molecule has 4 aromatic rings. The van der Waals surface area contributed by atoms with Crippen molar-refractivity contribution < 1.29 is 14.0 Å². The third-order valence-corrected chi connectivity index (χ3v) is 6.81. The highest BCUT2D eigenvalue weighted by molar-refractivity contribution is 7.15. The molecule has 1 saturated heterocycles. The summed E-state index contributed by atoms with van der Waals surface area (Å²) in [6.45, 7) is 2.92. The molecule has 1 N–H and O–H groups in total. The Labute approximate surface area is 205 Å². The van der Waals surface area contributed by atoms with Gasteiger partial charge in [-0.2, -0.15) is 0 Å². The number of nitrogens with one attached hydrogen (secondary N) is 1. The van der Waals surface area contributed by atoms with E-state index >= 15 is 0 Å². The van der Waals surface area contributed by atoms with Gasteiger partial charge in [-0.1, -0.05) is 30.3 Å². The highest BCUT2D eigenvalue weighted by Crippen LogP contribution is 2.13. The molecular weight excluding hydrogens is 466 g/mol. The number of furan rings is 1. The van der Waals surface area contributed by atoms with Crippen LogP contribution in [0.1, 0.15) is 21.8 Å². The first-order valence-electron chi connectivity index (χ1n) is 11.4. The molecule has 0 unspecified atom stereocenters. The number of thiazole rings is 1. The smallest absolute Gasteiger partial charge is 0.287 e. The van der Waals surface area contributed by atoms with Crippen molar-refractivity contribution in [2.75, 3.05) is 26.2 Å². The van der Waals surface area contributed by atoms with E-state index in [1.54, 1.807) is 29.3 Å². The molecule has 9 nitrogen and oxygen atoms in total. The molecule has 3 aromatic heterocycles. The molecule has 4 heterocycles. The van der Waals surface area contributed by atoms with Crippen molar-refractivity contribution in [3.8, 4) is 0 Å². The normalized spacial score (nSPS) is 15.3. The van der Waals surface area contributed by atoms with Gasteiger partial charge in [0.25, 0.3) is 11.5 Å². The maximum Gasteiger partial charge on any atom is 0.287 e. The van der Waals surface area contributed by atoms with Crippen molar-refractivity contribution in [1.29, 1.82) is 0 Å². The van der Waals surface area contributed by atoms with Crippen LogP contribution in [-0.2, 0) is 17.8 Å². The molecule has 35 heavy (non-hydrogen) atoms. The van der Waals surface area contributed by atoms with Crippen molar-refractivity contribution in [3.05, 3.63) is 93.7 Å². The summed E-state index contributed by atoms with van der Waals surface area (Å²) in [6.07, 6.45) is 3.54. The Morgan fingerprint density at radius 2 is 1.89 bits per heavy atom. The molecule has 1 fully saturated rings. The Morgan fingerprint density at radius 3 is 2.63 bits per heavy atom. The number of fused-ring (bicyclic) bond motifs is 1. The molecule has 1 aromatic carbocycles. The number of carbonyl (C=O) groups is 2. The number of amides is 2. The predicted octanol–water partition coefficient (Wildman–Crippen LogP) is 2.03. The van der Waals surface area contributed by atoms with Gasteiger partial charge in [0.1, 0.15) is 6.04 Å². The number of aromatic nitrogens is 2. The van der Waals surface area contributed by atoms with Crippen LogP contribution in [0.4, 0.5) is 0 Å². The Balaban J connectivity index is 1.23. The van der Waals surface area contributed by atoms with Crippen LogP contribution in [0.15, 0.2) is 75.6 Å². The molecule has 0 bridgehead atoms. The Kier molecular flexibility index (Phi) is 6.73. The van der Waals surface area contributed by atoms with E-state index in [0.29, 0.717) is 44.1 Å². The maximum atomic E-state index is 13.4. The van der Waals surface area contributed by atoms with Gasteiger partial charge in [-0.05, 0) is 17.7 Å². The summed E-state index contributed by atoms with van der Waals surface area (Å²) in [5.74, 6) is -0.360. The van der Waals surface area contributed by atoms with Crippen molar-refractivity contribution in [3.63, 3.8) is 0 Å². The summed E-state index contributed by atoms with van der Waals surface area (Å²) in [5.41, 5.74) is 1.60. The zero-order valence-electron chi connectivity index (χ0n) is 19.0. The van der Waals surface area contributed by atoms with Crippen LogP contribution >= 0.6 is 11.3 Å². The Hall–Kier alpha value is -3.76. The van der Waals surface area contributed by atoms with Gasteiger partial charge in [-0.15, -0.1) is 11.3 Å². The molecule has 0 aliphatic carbocycles. The fourth-order valence-electron chi connectivity index (χ4n) is 4.23. The van der Waals surface area contributed by atoms with Gasteiger partial charge >= 0.3 is 0 Å². The number of carbonyl (C=O) groups excluding carboxylic acids is 2. The standard InChI is InChI=1S/C25H25N5O4S/c31-22-16-19(26-25-30(22)12-14-35-25)17-28-8-10-29(11-9-28)24(33)20(15-18-5-2-1-3-6-18)27-23(32)21-7-4-13-34-21/h1-7,12-14,16,20H,8-11,15,17H2,(H,27,32)/t20-/m0/s1. The Morgan fingerprint density at radius 1 is 1.09 bits per heavy atom. The van der Waals surface area contributed by atoms with Crippen LogP contribution in [0.2, 0.25) is 0 Å². The maximum absolute atomic E-state index is 13.4. The third kappa shape index (κ3) is 5.33. The zero-order valence-corrected chi connectivity index (χ0v) is 19.8. The molecule has 10 heteroatoms. The minimum atomic E-state index is -0.704. The SMILES string of the molecule is O=C(N[C@@H](Cc1ccccc1)C(=O)N1CCN(Cc2cc(=O)n3ccsc3n2)CC1)c1ccco1. The lowest BCUT2D eigenvalue weighted by Gasteiger charge is -2.36. The molecular formula is C25H25N5O4S. The van der Waals surface area contributed by atoms with E-state index in [2.05, 4.69) is 15.2 Å². The average molecular weight is 492 g/mol. The van der Waals surface area contributed by atoms with Crippen molar-refractivity contribution in [1.82, 2.24) is 24.5 Å². The van der Waals surface area contributed by atoms with E-state index in [9.17, 15) is 14.4 Å². The van der Waals surface area contributed by atoms with Gasteiger partial charge in [-0.3, -0.25) is 23.7 Å². The molecule has 1 atom stereocenters. The lowest BCUT2D eigenvalue weighted by atomic mass is 10.0. The summed E-state index contributed by atoms with van der Waals surface area (Å²) >= 11 is 1.43. The number of benzene rings is 1. The quantitative estimate of drug-likeness (QED) is 0.425. The van der Waals surface area contributed by atoms with E-state index in [1.807, 2.05) is 35.7 Å². The van der Waals surface area contributed by atoms with Crippen molar-refractivity contribution in [2.45, 2.75) is 19.0 Å². The van der Waals surface area contributed by atoms with Crippen LogP contribution < -0.4 is 10.9 Å². The monoisotopic (exact) mass is 491 g/mol. The van der Waals surface area contributed by atoms with Crippen LogP contribution in [0, 0.1) is 0 Å². The number of piperazine rings is 1. The summed E-state index contributed by atoms with van der Waals surface area (Å²) in [5, 5.41) is 4.70. The number of hydrogen-bond acceptors (Lipinski definition) is 7. The van der Waals surface area contributed by atoms with E-state index in [0.717, 1.165) is 11.3 Å². The topological polar surface area (TPSA) is 100 Å². The van der Waals surface area contributed by atoms with E-state index in [-0.39, 0.29) is 17.2 Å². The second-order valence-electron chi connectivity index (χ2n) is 8.44. The largest absolute Gasteiger partial charge is 0.459 e. The van der Waals surface area contributed by atoms with Crippen LogP contribution in [0.5, 0.6) is 0 Å². The minimum Gasteiger partial charge on any atom is -0.459 e. The molecule has 1 aliphatic rings. The highest BCUT2D eigenvalue weighted by atomic mass is 32.1. The second-order valence-corrected chi connectivity index (χ2v) is 9.31. The zero-order chi connectivity index (χ0) is 24.2. The number of nitrogens with zero attached hydrogens (tertiary/aromatic N) is 4. The average Bonchev–Trinajstić information content (AvgIpc) is 3.57. The van der Waals surface area contributed by atoms with Crippen molar-refractivity contribution in [2.24, 2.45) is 0 Å². The summed E-state index contributed by atoms with van der Waals surface area (Å²) in [6, 6.07) is 13.7. The van der Waals surface area contributed by atoms with Crippen molar-refractivity contribution >= 4 is 28.1 Å². The van der Waals surface area contributed by atoms with Gasteiger partial charge in [0, 0.05) is 56.8 Å². The van der Waals surface area contributed by atoms with E-state index in [4.69, 9.17) is 4.42 Å². The van der Waals surface area contributed by atoms with Gasteiger partial charge in [0.2, 0.25) is 5.91 Å². The first kappa shape index (κ1) is 23.0. The van der Waals surface area contributed by atoms with Crippen LogP contribution in [0.25, 0.3) is 4.96 Å². The highest BCUT2D eigenvalue weighted by Gasteiger charge is 2.30. The fourth-order valence-corrected chi connectivity index (χ4v) is 4.97. The molecule has 180 valence electrons. The molecule has 0 saturated carbocycles.